The summed E-state index contributed by atoms with van der Waals surface area (Å²) in [6, 6.07) is 1.11. The normalized spacial score (nSPS) is 16.2. The molecular formula is C13H14ClF2NO3S. The van der Waals surface area contributed by atoms with E-state index in [1.165, 1.54) is 11.9 Å². The summed E-state index contributed by atoms with van der Waals surface area (Å²) in [6.45, 7) is 0. The zero-order valence-corrected chi connectivity index (χ0v) is 12.8. The fourth-order valence-corrected chi connectivity index (χ4v) is 3.46. The number of benzene rings is 1. The molecule has 1 aliphatic rings. The second kappa shape index (κ2) is 5.88. The molecule has 1 saturated carbocycles. The van der Waals surface area contributed by atoms with Crippen molar-refractivity contribution in [1.82, 2.24) is 4.90 Å². The van der Waals surface area contributed by atoms with E-state index in [0.717, 1.165) is 25.7 Å². The minimum atomic E-state index is -4.47. The number of carbonyl (C=O) groups is 1. The summed E-state index contributed by atoms with van der Waals surface area (Å²) in [5.41, 5.74) is -0.622. The van der Waals surface area contributed by atoms with Crippen molar-refractivity contribution in [1.29, 1.82) is 0 Å². The lowest BCUT2D eigenvalue weighted by molar-refractivity contribution is 0.0729. The molecule has 1 amide bonds. The van der Waals surface area contributed by atoms with E-state index in [0.29, 0.717) is 12.1 Å². The first-order chi connectivity index (χ1) is 9.71. The molecule has 1 aromatic rings. The number of carbonyl (C=O) groups excluding carboxylic acids is 1. The molecule has 21 heavy (non-hydrogen) atoms. The van der Waals surface area contributed by atoms with Crippen LogP contribution < -0.4 is 0 Å². The summed E-state index contributed by atoms with van der Waals surface area (Å²) in [4.78, 5) is 12.6. The van der Waals surface area contributed by atoms with Gasteiger partial charge in [0.25, 0.3) is 15.0 Å². The Hall–Kier alpha value is -1.21. The van der Waals surface area contributed by atoms with E-state index in [-0.39, 0.29) is 6.04 Å². The van der Waals surface area contributed by atoms with Gasteiger partial charge < -0.3 is 4.90 Å². The summed E-state index contributed by atoms with van der Waals surface area (Å²) in [6.07, 6.45) is 3.52. The van der Waals surface area contributed by atoms with Crippen molar-refractivity contribution in [3.63, 3.8) is 0 Å². The highest BCUT2D eigenvalue weighted by Gasteiger charge is 2.29. The van der Waals surface area contributed by atoms with Gasteiger partial charge in [-0.25, -0.2) is 17.2 Å². The molecule has 8 heteroatoms. The average Bonchev–Trinajstić information content (AvgIpc) is 2.92. The number of hydrogen-bond donors (Lipinski definition) is 0. The molecular weight excluding hydrogens is 324 g/mol. The lowest BCUT2D eigenvalue weighted by Gasteiger charge is -2.24. The molecule has 0 aliphatic heterocycles. The maximum absolute atomic E-state index is 14.2. The van der Waals surface area contributed by atoms with Crippen molar-refractivity contribution in [3.8, 4) is 0 Å². The highest BCUT2D eigenvalue weighted by Crippen LogP contribution is 2.27. The minimum absolute atomic E-state index is 0.0452. The van der Waals surface area contributed by atoms with Gasteiger partial charge in [0, 0.05) is 23.8 Å². The van der Waals surface area contributed by atoms with Crippen LogP contribution in [0.2, 0.25) is 0 Å². The van der Waals surface area contributed by atoms with Crippen LogP contribution in [0.15, 0.2) is 17.0 Å². The smallest absolute Gasteiger partial charge is 0.264 e. The van der Waals surface area contributed by atoms with Gasteiger partial charge in [0.15, 0.2) is 5.82 Å². The number of rotatable bonds is 3. The number of nitrogens with zero attached hydrogens (tertiary/aromatic N) is 1. The number of amides is 1. The highest BCUT2D eigenvalue weighted by atomic mass is 35.7. The maximum atomic E-state index is 14.2. The summed E-state index contributed by atoms with van der Waals surface area (Å²) in [5, 5.41) is 0. The molecule has 1 fully saturated rings. The van der Waals surface area contributed by atoms with Crippen LogP contribution in [-0.4, -0.2) is 32.3 Å². The molecule has 0 bridgehead atoms. The predicted octanol–water partition coefficient (Wildman–Crippen LogP) is 2.91. The van der Waals surface area contributed by atoms with E-state index in [2.05, 4.69) is 0 Å². The predicted molar refractivity (Wildman–Crippen MR) is 73.7 cm³/mol. The van der Waals surface area contributed by atoms with Crippen molar-refractivity contribution in [2.24, 2.45) is 0 Å². The summed E-state index contributed by atoms with van der Waals surface area (Å²) >= 11 is 0. The fourth-order valence-electron chi connectivity index (χ4n) is 2.54. The molecule has 0 atom stereocenters. The van der Waals surface area contributed by atoms with Crippen molar-refractivity contribution in [2.75, 3.05) is 7.05 Å². The van der Waals surface area contributed by atoms with E-state index in [9.17, 15) is 22.0 Å². The molecule has 4 nitrogen and oxygen atoms in total. The molecule has 116 valence electrons. The minimum Gasteiger partial charge on any atom is -0.339 e. The molecule has 0 saturated heterocycles. The Balaban J connectivity index is 2.44. The third-order valence-electron chi connectivity index (χ3n) is 3.69. The second-order valence-electron chi connectivity index (χ2n) is 5.06. The molecule has 0 heterocycles. The van der Waals surface area contributed by atoms with Crippen LogP contribution in [0.1, 0.15) is 36.0 Å². The van der Waals surface area contributed by atoms with Crippen LogP contribution in [0.5, 0.6) is 0 Å². The largest absolute Gasteiger partial charge is 0.339 e. The second-order valence-corrected chi connectivity index (χ2v) is 7.59. The third-order valence-corrected chi connectivity index (χ3v) is 5.01. The quantitative estimate of drug-likeness (QED) is 0.797. The lowest BCUT2D eigenvalue weighted by Crippen LogP contribution is -2.35. The summed E-state index contributed by atoms with van der Waals surface area (Å²) in [7, 11) is 2.09. The summed E-state index contributed by atoms with van der Waals surface area (Å²) < 4.78 is 50.1. The van der Waals surface area contributed by atoms with Crippen molar-refractivity contribution in [2.45, 2.75) is 36.6 Å². The van der Waals surface area contributed by atoms with Crippen LogP contribution in [0, 0.1) is 11.6 Å². The van der Waals surface area contributed by atoms with Gasteiger partial charge in [-0.3, -0.25) is 4.79 Å². The van der Waals surface area contributed by atoms with E-state index in [1.54, 1.807) is 0 Å². The Bertz CT molecular complexity index is 672. The molecule has 2 rings (SSSR count). The Labute approximate surface area is 126 Å². The van der Waals surface area contributed by atoms with Gasteiger partial charge in [-0.05, 0) is 25.0 Å². The Morgan fingerprint density at radius 1 is 1.29 bits per heavy atom. The van der Waals surface area contributed by atoms with Crippen molar-refractivity contribution < 1.29 is 22.0 Å². The summed E-state index contributed by atoms with van der Waals surface area (Å²) in [5.74, 6) is -3.10. The van der Waals surface area contributed by atoms with Crippen molar-refractivity contribution >= 4 is 25.6 Å². The van der Waals surface area contributed by atoms with E-state index in [1.807, 2.05) is 0 Å². The molecule has 1 aromatic carbocycles. The van der Waals surface area contributed by atoms with Gasteiger partial charge in [-0.1, -0.05) is 12.8 Å². The zero-order chi connectivity index (χ0) is 15.8. The zero-order valence-electron chi connectivity index (χ0n) is 11.3. The van der Waals surface area contributed by atoms with Gasteiger partial charge >= 0.3 is 0 Å². The topological polar surface area (TPSA) is 54.5 Å². The van der Waals surface area contributed by atoms with Gasteiger partial charge in [0.05, 0.1) is 5.56 Å². The first kappa shape index (κ1) is 16.2. The monoisotopic (exact) mass is 337 g/mol. The molecule has 0 unspecified atom stereocenters. The van der Waals surface area contributed by atoms with E-state index < -0.39 is 37.1 Å². The first-order valence-corrected chi connectivity index (χ1v) is 8.73. The molecule has 1 aliphatic carbocycles. The SMILES string of the molecule is CN(C(=O)c1cc(F)cc(S(=O)(=O)Cl)c1F)C1CCCC1. The number of hydrogen-bond acceptors (Lipinski definition) is 3. The van der Waals surface area contributed by atoms with Crippen LogP contribution in [0.25, 0.3) is 0 Å². The van der Waals surface area contributed by atoms with Crippen LogP contribution in [-0.2, 0) is 9.05 Å². The Kier molecular flexibility index (Phi) is 4.53. The molecule has 0 spiro atoms. The van der Waals surface area contributed by atoms with Gasteiger partial charge in [0.1, 0.15) is 10.7 Å². The van der Waals surface area contributed by atoms with Gasteiger partial charge in [-0.2, -0.15) is 0 Å². The lowest BCUT2D eigenvalue weighted by atomic mass is 10.1. The Morgan fingerprint density at radius 3 is 2.38 bits per heavy atom. The van der Waals surface area contributed by atoms with E-state index >= 15 is 0 Å². The first-order valence-electron chi connectivity index (χ1n) is 6.42. The highest BCUT2D eigenvalue weighted by molar-refractivity contribution is 8.13. The standard InChI is InChI=1S/C13H14ClF2NO3S/c1-17(9-4-2-3-5-9)13(18)10-6-8(15)7-11(12(10)16)21(14,19)20/h6-7,9H,2-5H2,1H3. The van der Waals surface area contributed by atoms with Crippen molar-refractivity contribution in [3.05, 3.63) is 29.3 Å². The van der Waals surface area contributed by atoms with E-state index in [4.69, 9.17) is 10.7 Å². The van der Waals surface area contributed by atoms with Crippen LogP contribution in [0.4, 0.5) is 8.78 Å². The maximum Gasteiger partial charge on any atom is 0.264 e. The van der Waals surface area contributed by atoms with Crippen LogP contribution >= 0.6 is 10.7 Å². The Morgan fingerprint density at radius 2 is 1.86 bits per heavy atom. The fraction of sp³-hybridized carbons (Fsp3) is 0.462. The third kappa shape index (κ3) is 3.35. The molecule has 0 radical (unpaired) electrons. The van der Waals surface area contributed by atoms with Gasteiger partial charge in [-0.15, -0.1) is 0 Å². The average molecular weight is 338 g/mol. The molecule has 0 N–H and O–H groups in total. The number of halogens is 3. The molecule has 0 aromatic heterocycles. The van der Waals surface area contributed by atoms with Gasteiger partial charge in [0.2, 0.25) is 0 Å². The van der Waals surface area contributed by atoms with Crippen LogP contribution in [0.3, 0.4) is 0 Å².